The van der Waals surface area contributed by atoms with Gasteiger partial charge in [-0.05, 0) is 31.9 Å². The molecule has 33 heavy (non-hydrogen) atoms. The zero-order valence-corrected chi connectivity index (χ0v) is 19.0. The Labute approximate surface area is 195 Å². The second-order valence-corrected chi connectivity index (χ2v) is 9.39. The fourth-order valence-electron chi connectivity index (χ4n) is 5.02. The first kappa shape index (κ1) is 22.2. The highest BCUT2D eigenvalue weighted by atomic mass is 35.5. The third kappa shape index (κ3) is 3.50. The summed E-state index contributed by atoms with van der Waals surface area (Å²) in [4.78, 5) is 22.1. The number of pyridine rings is 1. The largest absolute Gasteiger partial charge is 0.507 e. The number of nitrogens with zero attached hydrogens (tertiary/aromatic N) is 3. The minimum atomic E-state index is -0.691. The highest BCUT2D eigenvalue weighted by Crippen LogP contribution is 2.47. The van der Waals surface area contributed by atoms with Gasteiger partial charge in [-0.25, -0.2) is 9.37 Å². The van der Waals surface area contributed by atoms with Crippen LogP contribution in [0.2, 0.25) is 5.02 Å². The van der Waals surface area contributed by atoms with Gasteiger partial charge in [0.25, 0.3) is 5.91 Å². The van der Waals surface area contributed by atoms with Crippen molar-refractivity contribution in [3.63, 3.8) is 0 Å². The topological polar surface area (TPSA) is 98.2 Å². The molecular weight excluding hydrogens is 451 g/mol. The van der Waals surface area contributed by atoms with Crippen LogP contribution in [0.3, 0.4) is 0 Å². The van der Waals surface area contributed by atoms with Crippen molar-refractivity contribution in [1.29, 1.82) is 0 Å². The Morgan fingerprint density at radius 3 is 2.94 bits per heavy atom. The van der Waals surface area contributed by atoms with Crippen LogP contribution in [0.5, 0.6) is 11.5 Å². The lowest BCUT2D eigenvalue weighted by Gasteiger charge is -2.37. The molecule has 4 heterocycles. The molecule has 0 aliphatic carbocycles. The summed E-state index contributed by atoms with van der Waals surface area (Å²) in [6.07, 6.45) is 1.50. The predicted molar refractivity (Wildman–Crippen MR) is 122 cm³/mol. The number of phenolic OH excluding ortho intramolecular Hbond substituents is 1. The molecular formula is C23H26ClFN4O4. The number of hydrogen-bond acceptors (Lipinski definition) is 7. The van der Waals surface area contributed by atoms with E-state index in [0.29, 0.717) is 32.6 Å². The Hall–Kier alpha value is -2.62. The van der Waals surface area contributed by atoms with E-state index in [1.54, 1.807) is 4.90 Å². The number of fused-ring (bicyclic) bond motifs is 2. The first-order valence-corrected chi connectivity index (χ1v) is 11.5. The van der Waals surface area contributed by atoms with Crippen LogP contribution in [0.15, 0.2) is 18.2 Å². The summed E-state index contributed by atoms with van der Waals surface area (Å²) in [5.74, 6) is -0.850. The number of benzene rings is 1. The quantitative estimate of drug-likeness (QED) is 0.625. The molecule has 8 nitrogen and oxygen atoms in total. The smallest absolute Gasteiger partial charge is 0.261 e. The third-order valence-electron chi connectivity index (χ3n) is 6.89. The van der Waals surface area contributed by atoms with Crippen molar-refractivity contribution in [3.8, 4) is 22.8 Å². The van der Waals surface area contributed by atoms with Gasteiger partial charge in [0, 0.05) is 26.2 Å². The summed E-state index contributed by atoms with van der Waals surface area (Å²) >= 11 is 6.70. The van der Waals surface area contributed by atoms with Gasteiger partial charge in [0.05, 0.1) is 23.8 Å². The van der Waals surface area contributed by atoms with Crippen molar-refractivity contribution >= 4 is 23.3 Å². The van der Waals surface area contributed by atoms with Gasteiger partial charge in [-0.1, -0.05) is 17.7 Å². The zero-order valence-electron chi connectivity index (χ0n) is 18.3. The van der Waals surface area contributed by atoms with Crippen molar-refractivity contribution in [3.05, 3.63) is 34.6 Å². The molecule has 0 unspecified atom stereocenters. The molecule has 1 aromatic carbocycles. The van der Waals surface area contributed by atoms with Gasteiger partial charge < -0.3 is 30.1 Å². The number of aliphatic hydroxyl groups is 1. The molecule has 176 valence electrons. The number of ether oxygens (including phenoxy) is 1. The van der Waals surface area contributed by atoms with E-state index in [9.17, 15) is 19.4 Å². The Morgan fingerprint density at radius 2 is 2.18 bits per heavy atom. The number of piperazine rings is 1. The highest BCUT2D eigenvalue weighted by Gasteiger charge is 2.43. The lowest BCUT2D eigenvalue weighted by Crippen LogP contribution is -2.55. The number of aromatic hydroxyl groups is 1. The maximum absolute atomic E-state index is 14.8. The van der Waals surface area contributed by atoms with E-state index in [1.165, 1.54) is 18.2 Å². The number of carbonyl (C=O) groups excluding carboxylic acids is 1. The number of amides is 1. The Balaban J connectivity index is 1.78. The number of nitrogens with one attached hydrogen (secondary N) is 1. The predicted octanol–water partition coefficient (Wildman–Crippen LogP) is 2.40. The van der Waals surface area contributed by atoms with E-state index in [2.05, 4.69) is 10.3 Å². The van der Waals surface area contributed by atoms with E-state index in [-0.39, 0.29) is 64.3 Å². The Morgan fingerprint density at radius 1 is 1.36 bits per heavy atom. The van der Waals surface area contributed by atoms with Crippen LogP contribution >= 0.6 is 11.6 Å². The van der Waals surface area contributed by atoms with Gasteiger partial charge in [-0.2, -0.15) is 0 Å². The number of carbonyl (C=O) groups is 1. The van der Waals surface area contributed by atoms with Crippen LogP contribution in [-0.2, 0) is 0 Å². The van der Waals surface area contributed by atoms with Crippen LogP contribution in [-0.4, -0.2) is 77.0 Å². The zero-order chi connectivity index (χ0) is 23.3. The summed E-state index contributed by atoms with van der Waals surface area (Å²) < 4.78 is 20.9. The molecule has 3 N–H and O–H groups in total. The minimum Gasteiger partial charge on any atom is -0.507 e. The molecule has 0 spiro atoms. The second kappa shape index (κ2) is 8.30. The average Bonchev–Trinajstić information content (AvgIpc) is 3.13. The maximum Gasteiger partial charge on any atom is 0.261 e. The van der Waals surface area contributed by atoms with Crippen LogP contribution in [0.25, 0.3) is 11.3 Å². The van der Waals surface area contributed by atoms with E-state index in [0.717, 1.165) is 6.42 Å². The van der Waals surface area contributed by atoms with Crippen molar-refractivity contribution < 1.29 is 24.1 Å². The lowest BCUT2D eigenvalue weighted by atomic mass is 9.99. The number of anilines is 1. The lowest BCUT2D eigenvalue weighted by molar-refractivity contribution is 0.0606. The number of rotatable bonds is 3. The molecule has 2 aromatic rings. The van der Waals surface area contributed by atoms with E-state index >= 15 is 0 Å². The number of phenols is 1. The van der Waals surface area contributed by atoms with Gasteiger partial charge in [0.15, 0.2) is 5.75 Å². The van der Waals surface area contributed by atoms with Gasteiger partial charge >= 0.3 is 0 Å². The van der Waals surface area contributed by atoms with E-state index < -0.39 is 11.4 Å². The summed E-state index contributed by atoms with van der Waals surface area (Å²) in [5.41, 5.74) is -0.598. The maximum atomic E-state index is 14.8. The molecule has 3 aliphatic rings. The number of aromatic nitrogens is 1. The fraction of sp³-hybridized carbons (Fsp3) is 0.478. The molecule has 2 fully saturated rings. The normalized spacial score (nSPS) is 24.8. The SMILES string of the molecule is C[C@@]1(CO)CCCN1c1nc(-c2c(O)cccc2F)c(Cl)c2c1C(=O)N1CCNC[C@@H]1CO2. The van der Waals surface area contributed by atoms with Crippen molar-refractivity contribution in [1.82, 2.24) is 15.2 Å². The van der Waals surface area contributed by atoms with Gasteiger partial charge in [0.1, 0.15) is 40.3 Å². The molecule has 0 bridgehead atoms. The van der Waals surface area contributed by atoms with Crippen LogP contribution < -0.4 is 15.0 Å². The number of halogens is 2. The standard InChI is InChI=1S/C23H26ClFN4O4/c1-23(12-30)6-3-8-29(23)21-17-20(33-11-13-10-26-7-9-28(13)22(17)32)18(24)19(27-21)16-14(25)4-2-5-15(16)31/h2,4-5,13,26,30-31H,3,6-12H2,1H3/t13-,23+/m1/s1. The number of aliphatic hydroxyl groups excluding tert-OH is 1. The molecule has 0 radical (unpaired) electrons. The summed E-state index contributed by atoms with van der Waals surface area (Å²) in [5, 5.41) is 23.8. The van der Waals surface area contributed by atoms with Crippen molar-refractivity contribution in [2.45, 2.75) is 31.3 Å². The third-order valence-corrected chi connectivity index (χ3v) is 7.24. The molecule has 10 heteroatoms. The second-order valence-electron chi connectivity index (χ2n) is 9.01. The molecule has 5 rings (SSSR count). The number of hydrogen-bond donors (Lipinski definition) is 3. The molecule has 0 saturated carbocycles. The monoisotopic (exact) mass is 476 g/mol. The Bertz CT molecular complexity index is 1100. The molecule has 2 saturated heterocycles. The van der Waals surface area contributed by atoms with E-state index in [4.69, 9.17) is 16.3 Å². The average molecular weight is 477 g/mol. The highest BCUT2D eigenvalue weighted by molar-refractivity contribution is 6.35. The van der Waals surface area contributed by atoms with Crippen molar-refractivity contribution in [2.75, 3.05) is 44.3 Å². The van der Waals surface area contributed by atoms with Gasteiger partial charge in [-0.15, -0.1) is 0 Å². The molecule has 1 aromatic heterocycles. The van der Waals surface area contributed by atoms with Crippen LogP contribution in [0.1, 0.15) is 30.1 Å². The fourth-order valence-corrected chi connectivity index (χ4v) is 5.30. The van der Waals surface area contributed by atoms with E-state index in [1.807, 2.05) is 11.8 Å². The van der Waals surface area contributed by atoms with Crippen LogP contribution in [0.4, 0.5) is 10.2 Å². The first-order valence-electron chi connectivity index (χ1n) is 11.1. The summed E-state index contributed by atoms with van der Waals surface area (Å²) in [6.45, 7) is 4.28. The van der Waals surface area contributed by atoms with Gasteiger partial charge in [0.2, 0.25) is 0 Å². The molecule has 1 amide bonds. The summed E-state index contributed by atoms with van der Waals surface area (Å²) in [6, 6.07) is 3.77. The molecule has 3 aliphatic heterocycles. The van der Waals surface area contributed by atoms with Crippen molar-refractivity contribution in [2.24, 2.45) is 0 Å². The molecule has 2 atom stereocenters. The van der Waals surface area contributed by atoms with Crippen LogP contribution in [0, 0.1) is 5.82 Å². The summed E-state index contributed by atoms with van der Waals surface area (Å²) in [7, 11) is 0. The Kier molecular flexibility index (Phi) is 5.58. The van der Waals surface area contributed by atoms with Gasteiger partial charge in [-0.3, -0.25) is 4.79 Å². The minimum absolute atomic E-state index is 0.000923. The first-order chi connectivity index (χ1) is 15.9.